The smallest absolute Gasteiger partial charge is 0.180 e. The minimum atomic E-state index is 0.411. The van der Waals surface area contributed by atoms with Crippen molar-refractivity contribution in [3.05, 3.63) is 43.5 Å². The van der Waals surface area contributed by atoms with Crippen LogP contribution in [-0.2, 0) is 13.2 Å². The molecule has 0 spiro atoms. The molecule has 2 N–H and O–H groups in total. The van der Waals surface area contributed by atoms with Crippen molar-refractivity contribution in [2.45, 2.75) is 13.2 Å². The van der Waals surface area contributed by atoms with Gasteiger partial charge in [0, 0.05) is 21.3 Å². The Balaban J connectivity index is 2.19. The van der Waals surface area contributed by atoms with Crippen molar-refractivity contribution >= 4 is 38.9 Å². The lowest BCUT2D eigenvalue weighted by Crippen LogP contribution is -2.01. The van der Waals surface area contributed by atoms with E-state index in [0.29, 0.717) is 29.7 Å². The number of thiophene rings is 1. The summed E-state index contributed by atoms with van der Waals surface area (Å²) in [4.78, 5) is 1.10. The highest BCUT2D eigenvalue weighted by atomic mass is 79.9. The standard InChI is InChI=1S/C13H13BrClNO2S/c1-17-12-3-8(5-16)2-11(15)13(12)18-6-10-4-9(14)7-19-10/h2-4,7H,5-6,16H2,1H3. The number of nitrogens with two attached hydrogens (primary N) is 1. The van der Waals surface area contributed by atoms with E-state index in [1.54, 1.807) is 24.5 Å². The van der Waals surface area contributed by atoms with Gasteiger partial charge in [-0.1, -0.05) is 11.6 Å². The van der Waals surface area contributed by atoms with E-state index in [1.807, 2.05) is 17.5 Å². The van der Waals surface area contributed by atoms with E-state index in [1.165, 1.54) is 0 Å². The Labute approximate surface area is 129 Å². The number of rotatable bonds is 5. The van der Waals surface area contributed by atoms with Crippen LogP contribution in [0.5, 0.6) is 11.5 Å². The van der Waals surface area contributed by atoms with Crippen LogP contribution in [0.4, 0.5) is 0 Å². The first-order valence-corrected chi connectivity index (χ1v) is 7.61. The first-order chi connectivity index (χ1) is 9.13. The Morgan fingerprint density at radius 3 is 2.74 bits per heavy atom. The van der Waals surface area contributed by atoms with Crippen molar-refractivity contribution in [2.24, 2.45) is 5.73 Å². The van der Waals surface area contributed by atoms with E-state index in [0.717, 1.165) is 14.9 Å². The molecule has 0 saturated heterocycles. The molecule has 2 rings (SSSR count). The zero-order valence-electron chi connectivity index (χ0n) is 10.3. The molecule has 1 heterocycles. The molecule has 0 saturated carbocycles. The number of halogens is 2. The molecule has 3 nitrogen and oxygen atoms in total. The number of hydrogen-bond donors (Lipinski definition) is 1. The fourth-order valence-corrected chi connectivity index (χ4v) is 3.25. The normalized spacial score (nSPS) is 10.5. The van der Waals surface area contributed by atoms with Crippen LogP contribution in [0.15, 0.2) is 28.1 Å². The van der Waals surface area contributed by atoms with Crippen LogP contribution in [0, 0.1) is 0 Å². The average molecular weight is 363 g/mol. The van der Waals surface area contributed by atoms with Gasteiger partial charge in [0.2, 0.25) is 0 Å². The van der Waals surface area contributed by atoms with Crippen molar-refractivity contribution in [2.75, 3.05) is 7.11 Å². The molecule has 0 bridgehead atoms. The van der Waals surface area contributed by atoms with Crippen molar-refractivity contribution in [1.82, 2.24) is 0 Å². The second-order valence-electron chi connectivity index (χ2n) is 3.83. The van der Waals surface area contributed by atoms with Gasteiger partial charge < -0.3 is 15.2 Å². The Morgan fingerprint density at radius 1 is 1.37 bits per heavy atom. The first kappa shape index (κ1) is 14.7. The van der Waals surface area contributed by atoms with Crippen molar-refractivity contribution < 1.29 is 9.47 Å². The zero-order chi connectivity index (χ0) is 13.8. The van der Waals surface area contributed by atoms with Gasteiger partial charge in [-0.3, -0.25) is 0 Å². The van der Waals surface area contributed by atoms with Gasteiger partial charge in [-0.05, 0) is 39.7 Å². The molecule has 0 aliphatic carbocycles. The molecule has 1 aromatic carbocycles. The second-order valence-corrected chi connectivity index (χ2v) is 6.15. The third kappa shape index (κ3) is 3.63. The fourth-order valence-electron chi connectivity index (χ4n) is 1.60. The summed E-state index contributed by atoms with van der Waals surface area (Å²) in [5.74, 6) is 1.15. The molecule has 102 valence electrons. The van der Waals surface area contributed by atoms with E-state index in [-0.39, 0.29) is 0 Å². The van der Waals surface area contributed by atoms with Gasteiger partial charge in [0.25, 0.3) is 0 Å². The summed E-state index contributed by atoms with van der Waals surface area (Å²) in [6.07, 6.45) is 0. The maximum atomic E-state index is 6.20. The van der Waals surface area contributed by atoms with Gasteiger partial charge in [0.1, 0.15) is 6.61 Å². The van der Waals surface area contributed by atoms with E-state index in [9.17, 15) is 0 Å². The molecule has 19 heavy (non-hydrogen) atoms. The lowest BCUT2D eigenvalue weighted by molar-refractivity contribution is 0.287. The molecule has 1 aromatic heterocycles. The summed E-state index contributed by atoms with van der Waals surface area (Å²) in [5.41, 5.74) is 6.51. The molecule has 0 radical (unpaired) electrons. The topological polar surface area (TPSA) is 44.5 Å². The first-order valence-electron chi connectivity index (χ1n) is 5.56. The highest BCUT2D eigenvalue weighted by Gasteiger charge is 2.12. The predicted octanol–water partition coefficient (Wildman–Crippen LogP) is 4.21. The van der Waals surface area contributed by atoms with E-state index in [4.69, 9.17) is 26.8 Å². The van der Waals surface area contributed by atoms with E-state index < -0.39 is 0 Å². The summed E-state index contributed by atoms with van der Waals surface area (Å²) < 4.78 is 12.1. The van der Waals surface area contributed by atoms with Crippen LogP contribution in [-0.4, -0.2) is 7.11 Å². The fraction of sp³-hybridized carbons (Fsp3) is 0.231. The monoisotopic (exact) mass is 361 g/mol. The Morgan fingerprint density at radius 2 is 2.16 bits per heavy atom. The molecule has 0 atom stereocenters. The lowest BCUT2D eigenvalue weighted by atomic mass is 10.2. The third-order valence-electron chi connectivity index (χ3n) is 2.51. The molecule has 0 unspecified atom stereocenters. The summed E-state index contributed by atoms with van der Waals surface area (Å²) in [6, 6.07) is 5.65. The van der Waals surface area contributed by atoms with Crippen LogP contribution in [0.3, 0.4) is 0 Å². The molecule has 0 aliphatic heterocycles. The van der Waals surface area contributed by atoms with Gasteiger partial charge >= 0.3 is 0 Å². The minimum Gasteiger partial charge on any atom is -0.493 e. The maximum Gasteiger partial charge on any atom is 0.180 e. The van der Waals surface area contributed by atoms with Crippen LogP contribution in [0.2, 0.25) is 5.02 Å². The van der Waals surface area contributed by atoms with E-state index in [2.05, 4.69) is 15.9 Å². The zero-order valence-corrected chi connectivity index (χ0v) is 13.4. The molecule has 0 aliphatic rings. The van der Waals surface area contributed by atoms with Crippen molar-refractivity contribution in [3.63, 3.8) is 0 Å². The quantitative estimate of drug-likeness (QED) is 0.866. The lowest BCUT2D eigenvalue weighted by Gasteiger charge is -2.13. The molecule has 6 heteroatoms. The molecular formula is C13H13BrClNO2S. The number of ether oxygens (including phenoxy) is 2. The maximum absolute atomic E-state index is 6.20. The predicted molar refractivity (Wildman–Crippen MR) is 82.2 cm³/mol. The largest absolute Gasteiger partial charge is 0.493 e. The van der Waals surface area contributed by atoms with Crippen molar-refractivity contribution in [1.29, 1.82) is 0 Å². The molecular weight excluding hydrogens is 350 g/mol. The van der Waals surface area contributed by atoms with Gasteiger partial charge in [0.05, 0.1) is 12.1 Å². The highest BCUT2D eigenvalue weighted by molar-refractivity contribution is 9.10. The van der Waals surface area contributed by atoms with Crippen LogP contribution in [0.1, 0.15) is 10.4 Å². The van der Waals surface area contributed by atoms with E-state index >= 15 is 0 Å². The number of benzene rings is 1. The molecule has 2 aromatic rings. The van der Waals surface area contributed by atoms with Gasteiger partial charge in [-0.15, -0.1) is 11.3 Å². The highest BCUT2D eigenvalue weighted by Crippen LogP contribution is 2.37. The summed E-state index contributed by atoms with van der Waals surface area (Å²) in [7, 11) is 1.58. The minimum absolute atomic E-state index is 0.411. The van der Waals surface area contributed by atoms with Gasteiger partial charge in [-0.25, -0.2) is 0 Å². The summed E-state index contributed by atoms with van der Waals surface area (Å²) in [5, 5.41) is 2.52. The Bertz CT molecular complexity index is 574. The third-order valence-corrected chi connectivity index (χ3v) is 4.46. The molecule has 0 amide bonds. The van der Waals surface area contributed by atoms with Gasteiger partial charge in [-0.2, -0.15) is 0 Å². The Hall–Kier alpha value is -0.750. The number of methoxy groups -OCH3 is 1. The molecule has 0 fully saturated rings. The SMILES string of the molecule is COc1cc(CN)cc(Cl)c1OCc1cc(Br)cs1. The summed E-state index contributed by atoms with van der Waals surface area (Å²) in [6.45, 7) is 0.864. The van der Waals surface area contributed by atoms with Gasteiger partial charge in [0.15, 0.2) is 11.5 Å². The second kappa shape index (κ2) is 6.61. The van der Waals surface area contributed by atoms with Crippen LogP contribution < -0.4 is 15.2 Å². The average Bonchev–Trinajstić information content (AvgIpc) is 2.82. The van der Waals surface area contributed by atoms with Crippen molar-refractivity contribution in [3.8, 4) is 11.5 Å². The number of hydrogen-bond acceptors (Lipinski definition) is 4. The summed E-state index contributed by atoms with van der Waals surface area (Å²) >= 11 is 11.2. The van der Waals surface area contributed by atoms with Crippen LogP contribution in [0.25, 0.3) is 0 Å². The Kier molecular flexibility index (Phi) is 5.10. The van der Waals surface area contributed by atoms with Crippen LogP contribution >= 0.6 is 38.9 Å².